The molecule has 1 aliphatic heterocycles. The minimum atomic E-state index is -0.479. The summed E-state index contributed by atoms with van der Waals surface area (Å²) in [4.78, 5) is 29.8. The first kappa shape index (κ1) is 19.2. The Kier molecular flexibility index (Phi) is 5.36. The number of hydrogen-bond acceptors (Lipinski definition) is 4. The lowest BCUT2D eigenvalue weighted by Crippen LogP contribution is -2.39. The Balaban J connectivity index is 1.40. The van der Waals surface area contributed by atoms with Crippen LogP contribution >= 0.6 is 0 Å². The lowest BCUT2D eigenvalue weighted by atomic mass is 10.1. The molecule has 29 heavy (non-hydrogen) atoms. The van der Waals surface area contributed by atoms with E-state index in [9.17, 15) is 9.59 Å². The maximum Gasteiger partial charge on any atom is 0.251 e. The molecule has 2 N–H and O–H groups in total. The number of aromatic nitrogens is 1. The number of aromatic amines is 1. The molecule has 1 fully saturated rings. The minimum absolute atomic E-state index is 0.159. The van der Waals surface area contributed by atoms with Crippen molar-refractivity contribution < 1.29 is 14.3 Å². The van der Waals surface area contributed by atoms with Crippen molar-refractivity contribution in [1.82, 2.24) is 10.3 Å². The van der Waals surface area contributed by atoms with Gasteiger partial charge in [-0.15, -0.1) is 0 Å². The van der Waals surface area contributed by atoms with Crippen LogP contribution in [-0.4, -0.2) is 36.5 Å². The average molecular weight is 391 g/mol. The molecule has 3 aromatic rings. The molecular weight excluding hydrogens is 366 g/mol. The normalized spacial score (nSPS) is 16.8. The molecule has 150 valence electrons. The Morgan fingerprint density at radius 1 is 1.17 bits per heavy atom. The third-order valence-corrected chi connectivity index (χ3v) is 5.51. The van der Waals surface area contributed by atoms with E-state index in [2.05, 4.69) is 17.2 Å². The van der Waals surface area contributed by atoms with Crippen LogP contribution in [0.25, 0.3) is 10.9 Å². The highest BCUT2D eigenvalue weighted by Gasteiger charge is 2.39. The Hall–Kier alpha value is -3.12. The third kappa shape index (κ3) is 3.76. The lowest BCUT2D eigenvalue weighted by molar-refractivity contribution is -0.121. The quantitative estimate of drug-likeness (QED) is 0.607. The van der Waals surface area contributed by atoms with Crippen molar-refractivity contribution in [2.45, 2.75) is 32.2 Å². The molecule has 0 radical (unpaired) electrons. The van der Waals surface area contributed by atoms with E-state index in [1.54, 1.807) is 7.11 Å². The molecule has 1 unspecified atom stereocenters. The van der Waals surface area contributed by atoms with Gasteiger partial charge in [0.2, 0.25) is 5.91 Å². The van der Waals surface area contributed by atoms with Crippen LogP contribution in [0.1, 0.15) is 24.5 Å². The van der Waals surface area contributed by atoms with E-state index in [4.69, 9.17) is 4.74 Å². The van der Waals surface area contributed by atoms with E-state index in [0.717, 1.165) is 35.1 Å². The molecule has 6 heteroatoms. The van der Waals surface area contributed by atoms with Crippen LogP contribution in [0.2, 0.25) is 0 Å². The van der Waals surface area contributed by atoms with Gasteiger partial charge >= 0.3 is 0 Å². The number of nitrogens with one attached hydrogen (secondary N) is 2. The maximum atomic E-state index is 12.8. The smallest absolute Gasteiger partial charge is 0.251 e. The predicted octanol–water partition coefficient (Wildman–Crippen LogP) is 3.20. The SMILES string of the molecule is CCc1ccc(N2C(=O)CC(NCCc3c[nH]c4ccc(OC)cc34)C2=O)cc1. The van der Waals surface area contributed by atoms with Crippen LogP contribution in [-0.2, 0) is 22.4 Å². The molecule has 1 saturated heterocycles. The van der Waals surface area contributed by atoms with Gasteiger partial charge in [0.05, 0.1) is 25.3 Å². The second-order valence-corrected chi connectivity index (χ2v) is 7.27. The highest BCUT2D eigenvalue weighted by atomic mass is 16.5. The van der Waals surface area contributed by atoms with E-state index >= 15 is 0 Å². The van der Waals surface area contributed by atoms with Gasteiger partial charge in [-0.3, -0.25) is 9.59 Å². The molecule has 4 rings (SSSR count). The number of fused-ring (bicyclic) bond motifs is 1. The Morgan fingerprint density at radius 3 is 2.69 bits per heavy atom. The summed E-state index contributed by atoms with van der Waals surface area (Å²) < 4.78 is 5.31. The van der Waals surface area contributed by atoms with Crippen molar-refractivity contribution >= 4 is 28.4 Å². The largest absolute Gasteiger partial charge is 0.497 e. The first-order valence-corrected chi connectivity index (χ1v) is 9.94. The number of aryl methyl sites for hydroxylation is 1. The second kappa shape index (κ2) is 8.09. The minimum Gasteiger partial charge on any atom is -0.497 e. The maximum absolute atomic E-state index is 12.8. The van der Waals surface area contributed by atoms with Gasteiger partial charge in [0.15, 0.2) is 0 Å². The van der Waals surface area contributed by atoms with Gasteiger partial charge in [-0.1, -0.05) is 19.1 Å². The predicted molar refractivity (Wildman–Crippen MR) is 113 cm³/mol. The van der Waals surface area contributed by atoms with Crippen molar-refractivity contribution in [1.29, 1.82) is 0 Å². The zero-order chi connectivity index (χ0) is 20.4. The van der Waals surface area contributed by atoms with Gasteiger partial charge in [-0.25, -0.2) is 4.90 Å². The molecule has 0 bridgehead atoms. The summed E-state index contributed by atoms with van der Waals surface area (Å²) >= 11 is 0. The first-order valence-electron chi connectivity index (χ1n) is 9.94. The highest BCUT2D eigenvalue weighted by Crippen LogP contribution is 2.25. The van der Waals surface area contributed by atoms with Crippen LogP contribution in [0, 0.1) is 0 Å². The molecule has 2 aromatic carbocycles. The summed E-state index contributed by atoms with van der Waals surface area (Å²) in [5, 5.41) is 4.37. The van der Waals surface area contributed by atoms with Crippen molar-refractivity contribution in [3.8, 4) is 5.75 Å². The van der Waals surface area contributed by atoms with Crippen molar-refractivity contribution in [2.24, 2.45) is 0 Å². The number of ether oxygens (including phenoxy) is 1. The fourth-order valence-corrected chi connectivity index (χ4v) is 3.82. The molecule has 1 atom stereocenters. The molecule has 2 amide bonds. The first-order chi connectivity index (χ1) is 14.1. The number of carbonyl (C=O) groups excluding carboxylic acids is 2. The number of amides is 2. The summed E-state index contributed by atoms with van der Waals surface area (Å²) in [7, 11) is 1.65. The van der Waals surface area contributed by atoms with E-state index < -0.39 is 6.04 Å². The van der Waals surface area contributed by atoms with Crippen LogP contribution in [0.5, 0.6) is 5.75 Å². The van der Waals surface area contributed by atoms with Gasteiger partial charge < -0.3 is 15.0 Å². The van der Waals surface area contributed by atoms with Crippen LogP contribution in [0.15, 0.2) is 48.7 Å². The number of carbonyl (C=O) groups is 2. The summed E-state index contributed by atoms with van der Waals surface area (Å²) in [6, 6.07) is 13.1. The number of rotatable bonds is 7. The fourth-order valence-electron chi connectivity index (χ4n) is 3.82. The Labute approximate surface area is 169 Å². The molecule has 1 aromatic heterocycles. The molecule has 0 aliphatic carbocycles. The van der Waals surface area contributed by atoms with Crippen LogP contribution < -0.4 is 15.0 Å². The Morgan fingerprint density at radius 2 is 1.97 bits per heavy atom. The van der Waals surface area contributed by atoms with Crippen LogP contribution in [0.4, 0.5) is 5.69 Å². The summed E-state index contributed by atoms with van der Waals surface area (Å²) in [6.07, 6.45) is 3.84. The fraction of sp³-hybridized carbons (Fsp3) is 0.304. The Bertz CT molecular complexity index is 1040. The summed E-state index contributed by atoms with van der Waals surface area (Å²) in [6.45, 7) is 2.68. The second-order valence-electron chi connectivity index (χ2n) is 7.27. The number of hydrogen-bond donors (Lipinski definition) is 2. The summed E-state index contributed by atoms with van der Waals surface area (Å²) in [5.41, 5.74) is 4.02. The molecule has 0 saturated carbocycles. The number of methoxy groups -OCH3 is 1. The molecule has 1 aliphatic rings. The van der Waals surface area contributed by atoms with Crippen molar-refractivity contribution in [3.05, 3.63) is 59.8 Å². The average Bonchev–Trinajstić information content (AvgIpc) is 3.28. The standard InChI is InChI=1S/C23H25N3O3/c1-3-15-4-6-17(7-5-15)26-22(27)13-21(23(26)28)24-11-10-16-14-25-20-9-8-18(29-2)12-19(16)20/h4-9,12,14,21,24-25H,3,10-11,13H2,1-2H3. The van der Waals surface area contributed by atoms with Gasteiger partial charge in [0.25, 0.3) is 5.91 Å². The lowest BCUT2D eigenvalue weighted by Gasteiger charge is -2.16. The van der Waals surface area contributed by atoms with E-state index in [-0.39, 0.29) is 18.2 Å². The van der Waals surface area contributed by atoms with Crippen LogP contribution in [0.3, 0.4) is 0 Å². The van der Waals surface area contributed by atoms with E-state index in [1.807, 2.05) is 48.7 Å². The highest BCUT2D eigenvalue weighted by molar-refractivity contribution is 6.22. The molecule has 2 heterocycles. The van der Waals surface area contributed by atoms with Gasteiger partial charge in [0.1, 0.15) is 5.75 Å². The van der Waals surface area contributed by atoms with Gasteiger partial charge in [-0.2, -0.15) is 0 Å². The monoisotopic (exact) mass is 391 g/mol. The van der Waals surface area contributed by atoms with Crippen molar-refractivity contribution in [2.75, 3.05) is 18.6 Å². The number of benzene rings is 2. The van der Waals surface area contributed by atoms with Gasteiger partial charge in [0, 0.05) is 23.6 Å². The number of nitrogens with zero attached hydrogens (tertiary/aromatic N) is 1. The third-order valence-electron chi connectivity index (χ3n) is 5.51. The zero-order valence-electron chi connectivity index (χ0n) is 16.7. The number of imide groups is 1. The number of H-pyrrole nitrogens is 1. The molecular formula is C23H25N3O3. The summed E-state index contributed by atoms with van der Waals surface area (Å²) in [5.74, 6) is 0.473. The molecule has 0 spiro atoms. The van der Waals surface area contributed by atoms with Gasteiger partial charge in [-0.05, 0) is 54.3 Å². The molecule has 6 nitrogen and oxygen atoms in total. The van der Waals surface area contributed by atoms with E-state index in [0.29, 0.717) is 12.2 Å². The zero-order valence-corrected chi connectivity index (χ0v) is 16.7. The van der Waals surface area contributed by atoms with Crippen molar-refractivity contribution in [3.63, 3.8) is 0 Å². The topological polar surface area (TPSA) is 74.4 Å². The number of anilines is 1. The van der Waals surface area contributed by atoms with E-state index in [1.165, 1.54) is 10.5 Å².